The zero-order valence-electron chi connectivity index (χ0n) is 22.3. The molecule has 2 aromatic heterocycles. The standard InChI is InChI=1S/C31H34FN5O2/c1-21-16-23(10-11-26(21)29(38)17-22-8-9-22)28-20-34-31-27(33-12-5-15-36-13-2-3-14-36)19-30(35-37(28)31)39-25-7-4-6-24(32)18-25/h4,6-7,10-11,16,18-20,22,33H,2-3,5,8-9,12-15,17H2,1H3. The molecule has 0 unspecified atom stereocenters. The third-order valence-corrected chi connectivity index (χ3v) is 7.62. The smallest absolute Gasteiger partial charge is 0.239 e. The van der Waals surface area contributed by atoms with Crippen LogP contribution in [0.2, 0.25) is 0 Å². The van der Waals surface area contributed by atoms with Crippen molar-refractivity contribution < 1.29 is 13.9 Å². The number of ketones is 1. The summed E-state index contributed by atoms with van der Waals surface area (Å²) in [4.78, 5) is 19.9. The van der Waals surface area contributed by atoms with Gasteiger partial charge in [0.15, 0.2) is 11.4 Å². The highest BCUT2D eigenvalue weighted by molar-refractivity contribution is 5.98. The number of imidazole rings is 1. The van der Waals surface area contributed by atoms with E-state index in [-0.39, 0.29) is 11.6 Å². The van der Waals surface area contributed by atoms with E-state index < -0.39 is 0 Å². The molecular weight excluding hydrogens is 493 g/mol. The number of nitrogens with zero attached hydrogens (tertiary/aromatic N) is 4. The van der Waals surface area contributed by atoms with Gasteiger partial charge in [-0.2, -0.15) is 0 Å². The van der Waals surface area contributed by atoms with Crippen LogP contribution in [-0.2, 0) is 0 Å². The molecule has 2 aromatic carbocycles. The summed E-state index contributed by atoms with van der Waals surface area (Å²) in [6.45, 7) is 6.19. The molecule has 0 atom stereocenters. The molecule has 1 aliphatic heterocycles. The predicted octanol–water partition coefficient (Wildman–Crippen LogP) is 6.52. The first kappa shape index (κ1) is 25.5. The van der Waals surface area contributed by atoms with Crippen molar-refractivity contribution in [3.63, 3.8) is 0 Å². The summed E-state index contributed by atoms with van der Waals surface area (Å²) < 4.78 is 21.6. The van der Waals surface area contributed by atoms with Gasteiger partial charge in [-0.1, -0.05) is 18.2 Å². The molecule has 39 heavy (non-hydrogen) atoms. The predicted molar refractivity (Wildman–Crippen MR) is 150 cm³/mol. The Hall–Kier alpha value is -3.78. The number of hydrogen-bond donors (Lipinski definition) is 1. The fourth-order valence-corrected chi connectivity index (χ4v) is 5.34. The van der Waals surface area contributed by atoms with Gasteiger partial charge in [-0.25, -0.2) is 13.9 Å². The minimum atomic E-state index is -0.371. The van der Waals surface area contributed by atoms with Gasteiger partial charge in [0, 0.05) is 36.2 Å². The fraction of sp³-hybridized carbons (Fsp3) is 0.387. The average Bonchev–Trinajstić information content (AvgIpc) is 3.39. The van der Waals surface area contributed by atoms with Gasteiger partial charge in [0.2, 0.25) is 5.88 Å². The number of carbonyl (C=O) groups excluding carboxylic acids is 1. The molecule has 202 valence electrons. The number of benzene rings is 2. The molecule has 0 radical (unpaired) electrons. The Morgan fingerprint density at radius 2 is 1.97 bits per heavy atom. The van der Waals surface area contributed by atoms with Gasteiger partial charge in [-0.15, -0.1) is 5.10 Å². The van der Waals surface area contributed by atoms with Crippen LogP contribution >= 0.6 is 0 Å². The first-order valence-electron chi connectivity index (χ1n) is 14.0. The van der Waals surface area contributed by atoms with E-state index in [9.17, 15) is 9.18 Å². The van der Waals surface area contributed by atoms with Gasteiger partial charge in [-0.3, -0.25) is 4.79 Å². The van der Waals surface area contributed by atoms with Crippen LogP contribution in [0, 0.1) is 18.7 Å². The lowest BCUT2D eigenvalue weighted by Gasteiger charge is -2.15. The Bertz CT molecular complexity index is 1490. The van der Waals surface area contributed by atoms with Crippen LogP contribution in [-0.4, -0.2) is 51.5 Å². The van der Waals surface area contributed by atoms with Crippen LogP contribution < -0.4 is 10.1 Å². The summed E-state index contributed by atoms with van der Waals surface area (Å²) in [5, 5.41) is 8.24. The van der Waals surface area contributed by atoms with Crippen LogP contribution in [0.5, 0.6) is 11.6 Å². The second-order valence-electron chi connectivity index (χ2n) is 10.8. The fourth-order valence-electron chi connectivity index (χ4n) is 5.34. The summed E-state index contributed by atoms with van der Waals surface area (Å²) in [6, 6.07) is 13.7. The Morgan fingerprint density at radius 1 is 1.13 bits per heavy atom. The number of Topliss-reactive ketones (excluding diaryl/α,β-unsaturated/α-hetero) is 1. The Labute approximate surface area is 228 Å². The number of ether oxygens (including phenoxy) is 1. The summed E-state index contributed by atoms with van der Waals surface area (Å²) in [7, 11) is 0. The second-order valence-corrected chi connectivity index (χ2v) is 10.8. The Balaban J connectivity index is 1.29. The van der Waals surface area contributed by atoms with Crippen molar-refractivity contribution in [3.05, 3.63) is 71.7 Å². The number of anilines is 1. The van der Waals surface area contributed by atoms with Crippen LogP contribution in [0.15, 0.2) is 54.7 Å². The molecule has 7 nitrogen and oxygen atoms in total. The van der Waals surface area contributed by atoms with E-state index in [0.29, 0.717) is 29.6 Å². The molecule has 2 fully saturated rings. The van der Waals surface area contributed by atoms with Gasteiger partial charge in [-0.05, 0) is 88.3 Å². The van der Waals surface area contributed by atoms with Crippen LogP contribution in [0.4, 0.5) is 10.1 Å². The third kappa shape index (κ3) is 5.96. The van der Waals surface area contributed by atoms with E-state index >= 15 is 0 Å². The number of likely N-dealkylation sites (tertiary alicyclic amines) is 1. The number of carbonyl (C=O) groups is 1. The summed E-state index contributed by atoms with van der Waals surface area (Å²) >= 11 is 0. The quantitative estimate of drug-likeness (QED) is 0.177. The minimum absolute atomic E-state index is 0.212. The van der Waals surface area contributed by atoms with Crippen molar-refractivity contribution in [2.75, 3.05) is 31.5 Å². The molecule has 2 aliphatic rings. The molecule has 3 heterocycles. The van der Waals surface area contributed by atoms with E-state index in [0.717, 1.165) is 60.4 Å². The van der Waals surface area contributed by atoms with Crippen molar-refractivity contribution in [2.24, 2.45) is 5.92 Å². The molecule has 0 bridgehead atoms. The van der Waals surface area contributed by atoms with E-state index in [2.05, 4.69) is 10.2 Å². The van der Waals surface area contributed by atoms with E-state index in [1.54, 1.807) is 22.8 Å². The molecule has 1 aliphatic carbocycles. The highest BCUT2D eigenvalue weighted by atomic mass is 19.1. The maximum absolute atomic E-state index is 13.8. The van der Waals surface area contributed by atoms with E-state index in [4.69, 9.17) is 14.8 Å². The Morgan fingerprint density at radius 3 is 2.74 bits per heavy atom. The number of nitrogens with one attached hydrogen (secondary N) is 1. The number of aromatic nitrogens is 3. The molecule has 1 saturated carbocycles. The van der Waals surface area contributed by atoms with Crippen molar-refractivity contribution in [1.29, 1.82) is 0 Å². The van der Waals surface area contributed by atoms with Crippen molar-refractivity contribution in [3.8, 4) is 22.9 Å². The highest BCUT2D eigenvalue weighted by Gasteiger charge is 2.25. The number of halogens is 1. The molecule has 4 aromatic rings. The largest absolute Gasteiger partial charge is 0.437 e. The maximum Gasteiger partial charge on any atom is 0.239 e. The summed E-state index contributed by atoms with van der Waals surface area (Å²) in [6.07, 6.45) is 8.32. The normalized spacial score (nSPS) is 15.6. The maximum atomic E-state index is 13.8. The van der Waals surface area contributed by atoms with Gasteiger partial charge in [0.1, 0.15) is 11.6 Å². The number of fused-ring (bicyclic) bond motifs is 1. The monoisotopic (exact) mass is 527 g/mol. The van der Waals surface area contributed by atoms with Gasteiger partial charge < -0.3 is 15.0 Å². The minimum Gasteiger partial charge on any atom is -0.437 e. The van der Waals surface area contributed by atoms with Crippen LogP contribution in [0.1, 0.15) is 54.4 Å². The molecular formula is C31H34FN5O2. The number of hydrogen-bond acceptors (Lipinski definition) is 6. The Kier molecular flexibility index (Phi) is 7.28. The lowest BCUT2D eigenvalue weighted by Crippen LogP contribution is -2.22. The van der Waals surface area contributed by atoms with Crippen molar-refractivity contribution in [1.82, 2.24) is 19.5 Å². The van der Waals surface area contributed by atoms with Gasteiger partial charge >= 0.3 is 0 Å². The molecule has 0 spiro atoms. The number of rotatable bonds is 11. The van der Waals surface area contributed by atoms with E-state index in [1.165, 1.54) is 38.1 Å². The van der Waals surface area contributed by atoms with Crippen molar-refractivity contribution >= 4 is 17.1 Å². The third-order valence-electron chi connectivity index (χ3n) is 7.62. The SMILES string of the molecule is Cc1cc(-c2cnc3c(NCCCN4CCCC4)cc(Oc4cccc(F)c4)nn23)ccc1C(=O)CC1CC1. The zero-order chi connectivity index (χ0) is 26.8. The lowest BCUT2D eigenvalue weighted by molar-refractivity contribution is 0.0975. The first-order chi connectivity index (χ1) is 19.0. The molecule has 1 N–H and O–H groups in total. The van der Waals surface area contributed by atoms with Crippen molar-refractivity contribution in [2.45, 2.75) is 45.4 Å². The van der Waals surface area contributed by atoms with Gasteiger partial charge in [0.25, 0.3) is 0 Å². The van der Waals surface area contributed by atoms with Crippen LogP contribution in [0.3, 0.4) is 0 Å². The molecule has 1 saturated heterocycles. The topological polar surface area (TPSA) is 71.8 Å². The average molecular weight is 528 g/mol. The summed E-state index contributed by atoms with van der Waals surface area (Å²) in [5.41, 5.74) is 4.92. The number of aryl methyl sites for hydroxylation is 1. The molecule has 8 heteroatoms. The molecule has 0 amide bonds. The summed E-state index contributed by atoms with van der Waals surface area (Å²) in [5.74, 6) is 1.10. The van der Waals surface area contributed by atoms with E-state index in [1.807, 2.05) is 31.2 Å². The van der Waals surface area contributed by atoms with Crippen LogP contribution in [0.25, 0.3) is 16.9 Å². The highest BCUT2D eigenvalue weighted by Crippen LogP contribution is 2.35. The molecule has 6 rings (SSSR count). The van der Waals surface area contributed by atoms with Gasteiger partial charge in [0.05, 0.1) is 17.6 Å². The lowest BCUT2D eigenvalue weighted by atomic mass is 9.98. The first-order valence-corrected chi connectivity index (χ1v) is 14.0. The zero-order valence-corrected chi connectivity index (χ0v) is 22.3. The second kappa shape index (κ2) is 11.1.